The third kappa shape index (κ3) is 4.27. The van der Waals surface area contributed by atoms with Crippen LogP contribution in [0, 0.1) is 20.8 Å². The summed E-state index contributed by atoms with van der Waals surface area (Å²) >= 11 is 0. The molecule has 2 aromatic rings. The standard InChI is InChI=1S/C25H29NO5/c1-7-29-15-30-26-23(27)21(20-17(3)12-10-13-18(20)4)22(25(26,5)6)31-24(28)19-14-9-8-11-16(19)2/h8-14H,7,15H2,1-6H3. The van der Waals surface area contributed by atoms with Gasteiger partial charge in [-0.1, -0.05) is 36.4 Å². The fraction of sp³-hybridized carbons (Fsp3) is 0.360. The molecule has 0 unspecified atom stereocenters. The van der Waals surface area contributed by atoms with Gasteiger partial charge in [-0.05, 0) is 69.9 Å². The average Bonchev–Trinajstić information content (AvgIpc) is 2.89. The van der Waals surface area contributed by atoms with E-state index in [2.05, 4.69) is 0 Å². The van der Waals surface area contributed by atoms with Crippen LogP contribution in [0.2, 0.25) is 0 Å². The lowest BCUT2D eigenvalue weighted by atomic mass is 9.93. The summed E-state index contributed by atoms with van der Waals surface area (Å²) in [5.74, 6) is -0.612. The molecule has 0 spiro atoms. The van der Waals surface area contributed by atoms with Gasteiger partial charge >= 0.3 is 5.97 Å². The lowest BCUT2D eigenvalue weighted by molar-refractivity contribution is -0.242. The molecule has 1 amide bonds. The Labute approximate surface area is 183 Å². The number of carbonyl (C=O) groups is 2. The minimum Gasteiger partial charge on any atom is -0.424 e. The number of rotatable bonds is 7. The highest BCUT2D eigenvalue weighted by molar-refractivity contribution is 6.23. The van der Waals surface area contributed by atoms with Gasteiger partial charge in [-0.15, -0.1) is 0 Å². The molecule has 1 aliphatic heterocycles. The summed E-state index contributed by atoms with van der Waals surface area (Å²) in [7, 11) is 0. The first kappa shape index (κ1) is 22.7. The van der Waals surface area contributed by atoms with Gasteiger partial charge in [-0.25, -0.2) is 14.7 Å². The van der Waals surface area contributed by atoms with Crippen molar-refractivity contribution in [1.82, 2.24) is 5.06 Å². The number of nitrogens with zero attached hydrogens (tertiary/aromatic N) is 1. The molecule has 164 valence electrons. The Morgan fingerprint density at radius 1 is 0.968 bits per heavy atom. The maximum atomic E-state index is 13.5. The number of hydroxylamine groups is 2. The Bertz CT molecular complexity index is 1020. The van der Waals surface area contributed by atoms with Crippen LogP contribution in [0.5, 0.6) is 0 Å². The predicted octanol–water partition coefficient (Wildman–Crippen LogP) is 4.73. The van der Waals surface area contributed by atoms with E-state index in [1.807, 2.05) is 58.0 Å². The van der Waals surface area contributed by atoms with E-state index >= 15 is 0 Å². The Kier molecular flexibility index (Phi) is 6.62. The van der Waals surface area contributed by atoms with Crippen LogP contribution >= 0.6 is 0 Å². The monoisotopic (exact) mass is 423 g/mol. The third-order valence-electron chi connectivity index (χ3n) is 5.45. The molecule has 0 N–H and O–H groups in total. The highest BCUT2D eigenvalue weighted by Gasteiger charge is 2.50. The second kappa shape index (κ2) is 9.04. The predicted molar refractivity (Wildman–Crippen MR) is 118 cm³/mol. The van der Waals surface area contributed by atoms with Crippen LogP contribution in [-0.4, -0.2) is 35.9 Å². The van der Waals surface area contributed by atoms with Crippen LogP contribution in [0.15, 0.2) is 48.2 Å². The lowest BCUT2D eigenvalue weighted by Crippen LogP contribution is -2.44. The van der Waals surface area contributed by atoms with Gasteiger partial charge in [-0.2, -0.15) is 0 Å². The summed E-state index contributed by atoms with van der Waals surface area (Å²) in [6, 6.07) is 13.0. The van der Waals surface area contributed by atoms with E-state index in [0.29, 0.717) is 17.7 Å². The van der Waals surface area contributed by atoms with Gasteiger partial charge in [-0.3, -0.25) is 4.79 Å². The van der Waals surface area contributed by atoms with E-state index in [4.69, 9.17) is 14.3 Å². The number of aryl methyl sites for hydroxylation is 3. The molecule has 3 rings (SSSR count). The van der Waals surface area contributed by atoms with E-state index in [9.17, 15) is 9.59 Å². The Balaban J connectivity index is 2.12. The first-order valence-electron chi connectivity index (χ1n) is 10.3. The molecule has 2 aromatic carbocycles. The van der Waals surface area contributed by atoms with Crippen molar-refractivity contribution >= 4 is 17.4 Å². The van der Waals surface area contributed by atoms with Crippen molar-refractivity contribution in [2.75, 3.05) is 13.4 Å². The number of benzene rings is 2. The number of carbonyl (C=O) groups excluding carboxylic acids is 2. The molecule has 1 heterocycles. The molecule has 0 fully saturated rings. The van der Waals surface area contributed by atoms with Gasteiger partial charge in [0.05, 0.1) is 11.1 Å². The Morgan fingerprint density at radius 3 is 2.19 bits per heavy atom. The molecule has 0 atom stereocenters. The van der Waals surface area contributed by atoms with E-state index < -0.39 is 11.5 Å². The number of hydrogen-bond donors (Lipinski definition) is 0. The second-order valence-electron chi connectivity index (χ2n) is 8.07. The lowest BCUT2D eigenvalue weighted by Gasteiger charge is -2.31. The van der Waals surface area contributed by atoms with Gasteiger partial charge in [0.2, 0.25) is 0 Å². The molecule has 0 aliphatic carbocycles. The Hall–Kier alpha value is -2.96. The van der Waals surface area contributed by atoms with Crippen LogP contribution in [0.1, 0.15) is 53.4 Å². The fourth-order valence-electron chi connectivity index (χ4n) is 3.80. The van der Waals surface area contributed by atoms with Crippen molar-refractivity contribution in [3.63, 3.8) is 0 Å². The largest absolute Gasteiger partial charge is 0.424 e. The van der Waals surface area contributed by atoms with Crippen LogP contribution in [-0.2, 0) is 19.1 Å². The van der Waals surface area contributed by atoms with Crippen LogP contribution < -0.4 is 0 Å². The summed E-state index contributed by atoms with van der Waals surface area (Å²) in [5, 5.41) is 1.24. The summed E-state index contributed by atoms with van der Waals surface area (Å²) in [4.78, 5) is 32.3. The zero-order valence-electron chi connectivity index (χ0n) is 18.9. The van der Waals surface area contributed by atoms with Crippen LogP contribution in [0.4, 0.5) is 0 Å². The van der Waals surface area contributed by atoms with Crippen molar-refractivity contribution in [2.45, 2.75) is 47.1 Å². The maximum Gasteiger partial charge on any atom is 0.343 e. The van der Waals surface area contributed by atoms with Gasteiger partial charge in [0.25, 0.3) is 5.91 Å². The van der Waals surface area contributed by atoms with Crippen molar-refractivity contribution in [2.24, 2.45) is 0 Å². The first-order chi connectivity index (χ1) is 14.7. The van der Waals surface area contributed by atoms with E-state index in [1.165, 1.54) is 5.06 Å². The zero-order valence-corrected chi connectivity index (χ0v) is 18.9. The molecule has 0 bridgehead atoms. The highest BCUT2D eigenvalue weighted by Crippen LogP contribution is 2.43. The van der Waals surface area contributed by atoms with E-state index in [1.54, 1.807) is 26.0 Å². The minimum atomic E-state index is -1.02. The fourth-order valence-corrected chi connectivity index (χ4v) is 3.80. The maximum absolute atomic E-state index is 13.5. The van der Waals surface area contributed by atoms with Gasteiger partial charge in [0.1, 0.15) is 11.3 Å². The Morgan fingerprint density at radius 2 is 1.58 bits per heavy atom. The van der Waals surface area contributed by atoms with Gasteiger partial charge in [0, 0.05) is 6.61 Å². The summed E-state index contributed by atoms with van der Waals surface area (Å²) in [5.41, 5.74) is 3.14. The molecule has 0 saturated heterocycles. The topological polar surface area (TPSA) is 65.1 Å². The molecule has 1 aliphatic rings. The molecule has 0 saturated carbocycles. The first-order valence-corrected chi connectivity index (χ1v) is 10.3. The SMILES string of the molecule is CCOCON1C(=O)C(c2c(C)cccc2C)=C(OC(=O)c2ccccc2C)C1(C)C. The van der Waals surface area contributed by atoms with Crippen molar-refractivity contribution in [3.8, 4) is 0 Å². The van der Waals surface area contributed by atoms with Crippen LogP contribution in [0.25, 0.3) is 5.57 Å². The summed E-state index contributed by atoms with van der Waals surface area (Å²) < 4.78 is 11.2. The van der Waals surface area contributed by atoms with Crippen molar-refractivity contribution in [1.29, 1.82) is 0 Å². The summed E-state index contributed by atoms with van der Waals surface area (Å²) in [6.07, 6.45) is 0. The van der Waals surface area contributed by atoms with Crippen molar-refractivity contribution in [3.05, 3.63) is 76.0 Å². The number of ether oxygens (including phenoxy) is 2. The molecule has 0 aromatic heterocycles. The molecular formula is C25H29NO5. The smallest absolute Gasteiger partial charge is 0.343 e. The van der Waals surface area contributed by atoms with Crippen molar-refractivity contribution < 1.29 is 23.9 Å². The van der Waals surface area contributed by atoms with E-state index in [-0.39, 0.29) is 18.5 Å². The highest BCUT2D eigenvalue weighted by atomic mass is 16.8. The number of hydrogen-bond acceptors (Lipinski definition) is 5. The zero-order chi connectivity index (χ0) is 22.8. The molecule has 6 heteroatoms. The van der Waals surface area contributed by atoms with Crippen LogP contribution in [0.3, 0.4) is 0 Å². The molecular weight excluding hydrogens is 394 g/mol. The van der Waals surface area contributed by atoms with Gasteiger partial charge in [0.15, 0.2) is 6.79 Å². The minimum absolute atomic E-state index is 0.0786. The van der Waals surface area contributed by atoms with Gasteiger partial charge < -0.3 is 9.47 Å². The summed E-state index contributed by atoms with van der Waals surface area (Å²) in [6.45, 7) is 11.5. The normalized spacial score (nSPS) is 15.5. The molecule has 31 heavy (non-hydrogen) atoms. The average molecular weight is 424 g/mol. The third-order valence-corrected chi connectivity index (χ3v) is 5.45. The second-order valence-corrected chi connectivity index (χ2v) is 8.07. The number of esters is 1. The molecule has 0 radical (unpaired) electrons. The molecule has 6 nitrogen and oxygen atoms in total. The quantitative estimate of drug-likeness (QED) is 0.366. The number of amides is 1. The van der Waals surface area contributed by atoms with E-state index in [0.717, 1.165) is 22.3 Å².